The molecule has 2 amide bonds. The second-order valence-corrected chi connectivity index (χ2v) is 5.95. The third kappa shape index (κ3) is 3.35. The van der Waals surface area contributed by atoms with Gasteiger partial charge in [0.1, 0.15) is 0 Å². The Balaban J connectivity index is 2.28. The van der Waals surface area contributed by atoms with Gasteiger partial charge in [-0.2, -0.15) is 0 Å². The molecule has 114 valence electrons. The van der Waals surface area contributed by atoms with Gasteiger partial charge in [0.2, 0.25) is 11.8 Å². The van der Waals surface area contributed by atoms with E-state index in [1.165, 1.54) is 0 Å². The number of nitrogens with zero attached hydrogens (tertiary/aromatic N) is 1. The fraction of sp³-hybridized carbons (Fsp3) is 0.500. The quantitative estimate of drug-likeness (QED) is 0.879. The number of carbonyl (C=O) groups excluding carboxylic acids is 2. The zero-order chi connectivity index (χ0) is 15.6. The maximum Gasteiger partial charge on any atom is 0.239 e. The summed E-state index contributed by atoms with van der Waals surface area (Å²) in [5.41, 5.74) is 7.37. The van der Waals surface area contributed by atoms with Gasteiger partial charge in [0.15, 0.2) is 0 Å². The lowest BCUT2D eigenvalue weighted by Crippen LogP contribution is -2.47. The van der Waals surface area contributed by atoms with Crippen molar-refractivity contribution in [2.24, 2.45) is 5.73 Å². The first kappa shape index (κ1) is 15.4. The van der Waals surface area contributed by atoms with Crippen molar-refractivity contribution in [1.82, 2.24) is 5.32 Å². The minimum Gasteiger partial charge on any atom is -0.369 e. The Morgan fingerprint density at radius 1 is 1.38 bits per heavy atom. The SMILES string of the molecule is CC(C)NC(=O)CN1c2ccccc2[C@@H](C(N)=O)C[C@@H]1C. The molecular weight excluding hydrogens is 266 g/mol. The van der Waals surface area contributed by atoms with E-state index in [9.17, 15) is 9.59 Å². The van der Waals surface area contributed by atoms with E-state index < -0.39 is 0 Å². The summed E-state index contributed by atoms with van der Waals surface area (Å²) >= 11 is 0. The number of hydrogen-bond acceptors (Lipinski definition) is 3. The Hall–Kier alpha value is -2.04. The average Bonchev–Trinajstić information content (AvgIpc) is 2.40. The van der Waals surface area contributed by atoms with Crippen LogP contribution in [0, 0.1) is 0 Å². The molecule has 0 aliphatic carbocycles. The highest BCUT2D eigenvalue weighted by Gasteiger charge is 2.33. The topological polar surface area (TPSA) is 75.4 Å². The van der Waals surface area contributed by atoms with Crippen molar-refractivity contribution in [3.63, 3.8) is 0 Å². The summed E-state index contributed by atoms with van der Waals surface area (Å²) in [7, 11) is 0. The summed E-state index contributed by atoms with van der Waals surface area (Å²) in [6, 6.07) is 7.90. The summed E-state index contributed by atoms with van der Waals surface area (Å²) in [4.78, 5) is 25.8. The molecule has 1 aliphatic heterocycles. The molecule has 0 saturated carbocycles. The maximum atomic E-state index is 12.0. The number of para-hydroxylation sites is 1. The van der Waals surface area contributed by atoms with Crippen LogP contribution in [0.5, 0.6) is 0 Å². The Bertz CT molecular complexity index is 542. The number of nitrogens with one attached hydrogen (secondary N) is 1. The van der Waals surface area contributed by atoms with Gasteiger partial charge in [0.25, 0.3) is 0 Å². The van der Waals surface area contributed by atoms with Gasteiger partial charge in [-0.25, -0.2) is 0 Å². The summed E-state index contributed by atoms with van der Waals surface area (Å²) in [5, 5.41) is 2.90. The third-order valence-electron chi connectivity index (χ3n) is 3.84. The van der Waals surface area contributed by atoms with Crippen LogP contribution < -0.4 is 16.0 Å². The number of benzene rings is 1. The molecule has 0 aromatic heterocycles. The number of hydrogen-bond donors (Lipinski definition) is 2. The molecule has 0 unspecified atom stereocenters. The Morgan fingerprint density at radius 2 is 2.05 bits per heavy atom. The van der Waals surface area contributed by atoms with Crippen molar-refractivity contribution in [2.45, 2.75) is 45.2 Å². The first-order valence-corrected chi connectivity index (χ1v) is 7.34. The van der Waals surface area contributed by atoms with Gasteiger partial charge in [-0.3, -0.25) is 9.59 Å². The zero-order valence-corrected chi connectivity index (χ0v) is 12.8. The molecule has 1 heterocycles. The van der Waals surface area contributed by atoms with E-state index >= 15 is 0 Å². The molecule has 21 heavy (non-hydrogen) atoms. The molecular formula is C16H23N3O2. The van der Waals surface area contributed by atoms with Crippen LogP contribution in [0.25, 0.3) is 0 Å². The summed E-state index contributed by atoms with van der Waals surface area (Å²) in [5.74, 6) is -0.592. The fourth-order valence-corrected chi connectivity index (χ4v) is 2.91. The molecule has 2 rings (SSSR count). The molecule has 0 saturated heterocycles. The molecule has 1 aliphatic rings. The van der Waals surface area contributed by atoms with E-state index in [1.54, 1.807) is 0 Å². The van der Waals surface area contributed by atoms with Gasteiger partial charge in [-0.05, 0) is 38.8 Å². The molecule has 1 aromatic carbocycles. The normalized spacial score (nSPS) is 21.0. The first-order valence-electron chi connectivity index (χ1n) is 7.34. The van der Waals surface area contributed by atoms with Crippen molar-refractivity contribution < 1.29 is 9.59 Å². The highest BCUT2D eigenvalue weighted by atomic mass is 16.2. The number of rotatable bonds is 4. The van der Waals surface area contributed by atoms with E-state index in [4.69, 9.17) is 5.73 Å². The van der Waals surface area contributed by atoms with Crippen molar-refractivity contribution in [3.05, 3.63) is 29.8 Å². The first-order chi connectivity index (χ1) is 9.90. The number of fused-ring (bicyclic) bond motifs is 1. The second-order valence-electron chi connectivity index (χ2n) is 5.95. The molecule has 5 nitrogen and oxygen atoms in total. The van der Waals surface area contributed by atoms with E-state index in [-0.39, 0.29) is 29.8 Å². The van der Waals surface area contributed by atoms with Gasteiger partial charge >= 0.3 is 0 Å². The standard InChI is InChI=1S/C16H23N3O2/c1-10(2)18-15(20)9-19-11(3)8-13(16(17)21)12-6-4-5-7-14(12)19/h4-7,10-11,13H,8-9H2,1-3H3,(H2,17,21)(H,18,20)/t11-,13-/m0/s1. The molecule has 0 spiro atoms. The second kappa shape index (κ2) is 6.16. The van der Waals surface area contributed by atoms with Crippen LogP contribution in [0.2, 0.25) is 0 Å². The maximum absolute atomic E-state index is 12.0. The van der Waals surface area contributed by atoms with E-state index in [0.29, 0.717) is 13.0 Å². The monoisotopic (exact) mass is 289 g/mol. The van der Waals surface area contributed by atoms with Crippen LogP contribution in [-0.2, 0) is 9.59 Å². The van der Waals surface area contributed by atoms with E-state index in [0.717, 1.165) is 11.3 Å². The molecule has 0 radical (unpaired) electrons. The predicted octanol–water partition coefficient (Wildman–Crippen LogP) is 1.38. The van der Waals surface area contributed by atoms with Gasteiger partial charge in [0, 0.05) is 17.8 Å². The fourth-order valence-electron chi connectivity index (χ4n) is 2.91. The molecule has 0 fully saturated rings. The van der Waals surface area contributed by atoms with Crippen molar-refractivity contribution in [1.29, 1.82) is 0 Å². The largest absolute Gasteiger partial charge is 0.369 e. The van der Waals surface area contributed by atoms with Crippen LogP contribution in [0.1, 0.15) is 38.7 Å². The van der Waals surface area contributed by atoms with Crippen molar-refractivity contribution in [2.75, 3.05) is 11.4 Å². The zero-order valence-electron chi connectivity index (χ0n) is 12.8. The Kier molecular flexibility index (Phi) is 4.50. The third-order valence-corrected chi connectivity index (χ3v) is 3.84. The lowest BCUT2D eigenvalue weighted by atomic mass is 9.85. The Labute approximate surface area is 125 Å². The van der Waals surface area contributed by atoms with Crippen LogP contribution in [-0.4, -0.2) is 30.4 Å². The van der Waals surface area contributed by atoms with E-state index in [1.807, 2.05) is 49.9 Å². The number of carbonyl (C=O) groups is 2. The van der Waals surface area contributed by atoms with E-state index in [2.05, 4.69) is 5.32 Å². The summed E-state index contributed by atoms with van der Waals surface area (Å²) in [6.07, 6.45) is 0.640. The lowest BCUT2D eigenvalue weighted by molar-refractivity contribution is -0.120. The van der Waals surface area contributed by atoms with Gasteiger partial charge in [0.05, 0.1) is 12.5 Å². The molecule has 3 N–H and O–H groups in total. The van der Waals surface area contributed by atoms with Crippen LogP contribution >= 0.6 is 0 Å². The number of nitrogens with two attached hydrogens (primary N) is 1. The minimum atomic E-state index is -0.305. The predicted molar refractivity (Wildman–Crippen MR) is 83.1 cm³/mol. The average molecular weight is 289 g/mol. The van der Waals surface area contributed by atoms with Crippen molar-refractivity contribution in [3.8, 4) is 0 Å². The highest BCUT2D eigenvalue weighted by Crippen LogP contribution is 2.37. The minimum absolute atomic E-state index is 0.0100. The number of anilines is 1. The van der Waals surface area contributed by atoms with Crippen LogP contribution in [0.4, 0.5) is 5.69 Å². The lowest BCUT2D eigenvalue weighted by Gasteiger charge is -2.39. The van der Waals surface area contributed by atoms with Gasteiger partial charge in [-0.15, -0.1) is 0 Å². The van der Waals surface area contributed by atoms with Crippen molar-refractivity contribution >= 4 is 17.5 Å². The Morgan fingerprint density at radius 3 is 2.67 bits per heavy atom. The molecule has 5 heteroatoms. The summed E-state index contributed by atoms with van der Waals surface area (Å²) in [6.45, 7) is 6.19. The molecule has 1 aromatic rings. The number of primary amides is 1. The van der Waals surface area contributed by atoms with Gasteiger partial charge < -0.3 is 16.0 Å². The smallest absolute Gasteiger partial charge is 0.239 e. The molecule has 2 atom stereocenters. The number of amides is 2. The van der Waals surface area contributed by atoms with Gasteiger partial charge in [-0.1, -0.05) is 18.2 Å². The highest BCUT2D eigenvalue weighted by molar-refractivity contribution is 5.87. The van der Waals surface area contributed by atoms with Crippen LogP contribution in [0.3, 0.4) is 0 Å². The summed E-state index contributed by atoms with van der Waals surface area (Å²) < 4.78 is 0. The molecule has 0 bridgehead atoms. The van der Waals surface area contributed by atoms with Crippen LogP contribution in [0.15, 0.2) is 24.3 Å².